The number of benzene rings is 2. The van der Waals surface area contributed by atoms with Gasteiger partial charge in [-0.2, -0.15) is 0 Å². The summed E-state index contributed by atoms with van der Waals surface area (Å²) in [4.78, 5) is 34.7. The molecule has 3 heteroatoms. The Morgan fingerprint density at radius 2 is 1.25 bits per heavy atom. The molecule has 0 radical (unpaired) electrons. The van der Waals surface area contributed by atoms with Crippen LogP contribution in [0.15, 0.2) is 60.7 Å². The summed E-state index contributed by atoms with van der Waals surface area (Å²) < 4.78 is 0. The van der Waals surface area contributed by atoms with Crippen molar-refractivity contribution in [1.82, 2.24) is 0 Å². The molecule has 100 valence electrons. The summed E-state index contributed by atoms with van der Waals surface area (Å²) in [6, 6.07) is 18.0. The molecule has 0 fully saturated rings. The highest BCUT2D eigenvalue weighted by Gasteiger charge is 2.40. The van der Waals surface area contributed by atoms with E-state index in [1.54, 1.807) is 55.5 Å². The molecule has 0 bridgehead atoms. The lowest BCUT2D eigenvalue weighted by atomic mass is 9.72. The fourth-order valence-electron chi connectivity index (χ4n) is 2.27. The van der Waals surface area contributed by atoms with Crippen molar-refractivity contribution in [1.29, 1.82) is 0 Å². The normalized spacial score (nSPS) is 10.8. The van der Waals surface area contributed by atoms with Crippen LogP contribution in [0.5, 0.6) is 0 Å². The van der Waals surface area contributed by atoms with Gasteiger partial charge in [0.15, 0.2) is 6.29 Å². The molecule has 20 heavy (non-hydrogen) atoms. The summed E-state index contributed by atoms with van der Waals surface area (Å²) in [5.41, 5.74) is 0.221. The van der Waals surface area contributed by atoms with E-state index in [0.717, 1.165) is 0 Å². The second-order valence-electron chi connectivity index (χ2n) is 4.67. The maximum atomic E-state index is 12.4. The smallest absolute Gasteiger partial charge is 0.262 e. The van der Waals surface area contributed by atoms with Crippen molar-refractivity contribution in [3.05, 3.63) is 71.8 Å². The van der Waals surface area contributed by atoms with Crippen LogP contribution in [0.3, 0.4) is 0 Å². The van der Waals surface area contributed by atoms with E-state index in [-0.39, 0.29) is 6.29 Å². The van der Waals surface area contributed by atoms with E-state index in [0.29, 0.717) is 11.1 Å². The zero-order valence-corrected chi connectivity index (χ0v) is 11.1. The highest BCUT2D eigenvalue weighted by molar-refractivity contribution is 6.60. The van der Waals surface area contributed by atoms with Crippen molar-refractivity contribution in [3.63, 3.8) is 0 Å². The van der Waals surface area contributed by atoms with Crippen LogP contribution in [-0.2, 0) is 19.8 Å². The minimum absolute atomic E-state index is 0.0759. The molecule has 0 atom stereocenters. The molecule has 0 N–H and O–H groups in total. The maximum absolute atomic E-state index is 12.4. The zero-order chi connectivity index (χ0) is 14.6. The van der Waals surface area contributed by atoms with Crippen molar-refractivity contribution in [2.45, 2.75) is 12.3 Å². The minimum atomic E-state index is -1.15. The van der Waals surface area contributed by atoms with Crippen molar-refractivity contribution < 1.29 is 14.4 Å². The molecule has 0 aliphatic carbocycles. The summed E-state index contributed by atoms with van der Waals surface area (Å²) >= 11 is 0. The Bertz CT molecular complexity index is 590. The fourth-order valence-corrected chi connectivity index (χ4v) is 2.27. The average Bonchev–Trinajstić information content (AvgIpc) is 2.54. The first-order valence-corrected chi connectivity index (χ1v) is 6.25. The van der Waals surface area contributed by atoms with Crippen LogP contribution in [0.2, 0.25) is 0 Å². The van der Waals surface area contributed by atoms with Gasteiger partial charge in [-0.1, -0.05) is 60.7 Å². The van der Waals surface area contributed by atoms with Crippen molar-refractivity contribution in [2.24, 2.45) is 0 Å². The quantitative estimate of drug-likeness (QED) is 0.474. The van der Waals surface area contributed by atoms with Gasteiger partial charge in [-0.3, -0.25) is 14.4 Å². The Hall–Kier alpha value is -2.55. The third-order valence-electron chi connectivity index (χ3n) is 3.49. The molecule has 0 unspecified atom stereocenters. The van der Waals surface area contributed by atoms with E-state index >= 15 is 0 Å². The van der Waals surface area contributed by atoms with E-state index in [9.17, 15) is 14.4 Å². The van der Waals surface area contributed by atoms with Crippen molar-refractivity contribution >= 4 is 17.9 Å². The molecule has 2 aromatic carbocycles. The lowest BCUT2D eigenvalue weighted by Gasteiger charge is -2.28. The van der Waals surface area contributed by atoms with Gasteiger partial charge >= 0.3 is 0 Å². The topological polar surface area (TPSA) is 51.2 Å². The van der Waals surface area contributed by atoms with Crippen molar-refractivity contribution in [2.75, 3.05) is 0 Å². The van der Waals surface area contributed by atoms with E-state index in [2.05, 4.69) is 0 Å². The molecule has 2 rings (SSSR count). The van der Waals surface area contributed by atoms with Crippen LogP contribution < -0.4 is 0 Å². The van der Waals surface area contributed by atoms with Gasteiger partial charge in [-0.05, 0) is 18.1 Å². The number of carbonyl (C=O) groups is 3. The first-order chi connectivity index (χ1) is 9.60. The molecular formula is C17H14O3. The Morgan fingerprint density at radius 3 is 1.60 bits per heavy atom. The van der Waals surface area contributed by atoms with E-state index in [1.807, 2.05) is 12.1 Å². The summed E-state index contributed by atoms with van der Waals surface area (Å²) in [6.07, 6.45) is 0.0759. The van der Waals surface area contributed by atoms with Crippen LogP contribution in [0.4, 0.5) is 0 Å². The van der Waals surface area contributed by atoms with E-state index in [4.69, 9.17) is 0 Å². The second-order valence-corrected chi connectivity index (χ2v) is 4.67. The minimum Gasteiger partial charge on any atom is -0.294 e. The molecule has 0 heterocycles. The highest BCUT2D eigenvalue weighted by atomic mass is 16.2. The first-order valence-electron chi connectivity index (χ1n) is 6.25. The SMILES string of the molecule is CC(C(=O)C(=O)C=O)(c1ccccc1)c1ccccc1. The zero-order valence-electron chi connectivity index (χ0n) is 11.1. The lowest BCUT2D eigenvalue weighted by molar-refractivity contribution is -0.141. The first kappa shape index (κ1) is 13.9. The van der Waals surface area contributed by atoms with Gasteiger partial charge in [0, 0.05) is 0 Å². The third kappa shape index (κ3) is 2.30. The molecule has 0 saturated heterocycles. The summed E-state index contributed by atoms with van der Waals surface area (Å²) in [5.74, 6) is -1.73. The lowest BCUT2D eigenvalue weighted by Crippen LogP contribution is -2.39. The molecular weight excluding hydrogens is 252 g/mol. The fraction of sp³-hybridized carbons (Fsp3) is 0.118. The Balaban J connectivity index is 2.64. The van der Waals surface area contributed by atoms with Gasteiger partial charge in [0.25, 0.3) is 5.78 Å². The number of ketones is 2. The molecule has 0 aliphatic rings. The van der Waals surface area contributed by atoms with Gasteiger partial charge in [0.2, 0.25) is 5.78 Å². The Labute approximate surface area is 117 Å². The number of Topliss-reactive ketones (excluding diaryl/α,β-unsaturated/α-hetero) is 2. The van der Waals surface area contributed by atoms with Gasteiger partial charge in [0.1, 0.15) is 0 Å². The number of hydrogen-bond donors (Lipinski definition) is 0. The molecule has 0 aliphatic heterocycles. The van der Waals surface area contributed by atoms with E-state index < -0.39 is 17.0 Å². The van der Waals surface area contributed by atoms with Crippen LogP contribution in [-0.4, -0.2) is 17.9 Å². The molecule has 0 spiro atoms. The van der Waals surface area contributed by atoms with Crippen LogP contribution >= 0.6 is 0 Å². The third-order valence-corrected chi connectivity index (χ3v) is 3.49. The van der Waals surface area contributed by atoms with Crippen molar-refractivity contribution in [3.8, 4) is 0 Å². The number of hydrogen-bond acceptors (Lipinski definition) is 3. The van der Waals surface area contributed by atoms with E-state index in [1.165, 1.54) is 0 Å². The number of carbonyl (C=O) groups excluding carboxylic acids is 3. The van der Waals surface area contributed by atoms with Gasteiger partial charge in [0.05, 0.1) is 5.41 Å². The second kappa shape index (κ2) is 5.61. The molecule has 3 nitrogen and oxygen atoms in total. The monoisotopic (exact) mass is 266 g/mol. The van der Waals surface area contributed by atoms with Gasteiger partial charge in [-0.25, -0.2) is 0 Å². The predicted molar refractivity (Wildman–Crippen MR) is 75.4 cm³/mol. The van der Waals surface area contributed by atoms with Gasteiger partial charge in [-0.15, -0.1) is 0 Å². The van der Waals surface area contributed by atoms with Crippen LogP contribution in [0, 0.1) is 0 Å². The Morgan fingerprint density at radius 1 is 0.850 bits per heavy atom. The number of aldehydes is 1. The molecule has 0 aromatic heterocycles. The predicted octanol–water partition coefficient (Wildman–Crippen LogP) is 2.33. The Kier molecular flexibility index (Phi) is 3.89. The average molecular weight is 266 g/mol. The molecule has 0 amide bonds. The van der Waals surface area contributed by atoms with Gasteiger partial charge < -0.3 is 0 Å². The molecule has 2 aromatic rings. The van der Waals surface area contributed by atoms with Crippen LogP contribution in [0.25, 0.3) is 0 Å². The van der Waals surface area contributed by atoms with Crippen LogP contribution in [0.1, 0.15) is 18.1 Å². The highest BCUT2D eigenvalue weighted by Crippen LogP contribution is 2.33. The standard InChI is InChI=1S/C17H14O3/c1-17(16(20)15(19)12-18,13-8-4-2-5-9-13)14-10-6-3-7-11-14/h2-12H,1H3. The summed E-state index contributed by atoms with van der Waals surface area (Å²) in [6.45, 7) is 1.67. The maximum Gasteiger partial charge on any atom is 0.262 e. The largest absolute Gasteiger partial charge is 0.294 e. The molecule has 0 saturated carbocycles. The summed E-state index contributed by atoms with van der Waals surface area (Å²) in [7, 11) is 0. The number of rotatable bonds is 5. The summed E-state index contributed by atoms with van der Waals surface area (Å²) in [5, 5.41) is 0.